The molecule has 1 saturated carbocycles. The molecule has 0 aliphatic heterocycles. The molecule has 0 bridgehead atoms. The van der Waals surface area contributed by atoms with E-state index in [-0.39, 0.29) is 5.97 Å². The summed E-state index contributed by atoms with van der Waals surface area (Å²) < 4.78 is 10.5. The van der Waals surface area contributed by atoms with E-state index in [4.69, 9.17) is 4.74 Å². The standard InChI is InChI=1S/C16H31N3O3/c1-3-17-16(19-12-10-15(20)21-2)18-11-7-13-22-14-8-5-4-6-9-14/h14H,3-13H2,1-2H3,(H2,17,18,19). The van der Waals surface area contributed by atoms with Crippen molar-refractivity contribution in [3.63, 3.8) is 0 Å². The van der Waals surface area contributed by atoms with E-state index in [0.717, 1.165) is 32.1 Å². The predicted octanol–water partition coefficient (Wildman–Crippen LogP) is 1.84. The Morgan fingerprint density at radius 2 is 2.00 bits per heavy atom. The molecular formula is C16H31N3O3. The van der Waals surface area contributed by atoms with Crippen molar-refractivity contribution < 1.29 is 14.3 Å². The minimum absolute atomic E-state index is 0.218. The molecule has 1 fully saturated rings. The van der Waals surface area contributed by atoms with Crippen molar-refractivity contribution in [3.8, 4) is 0 Å². The molecule has 1 rings (SSSR count). The Morgan fingerprint density at radius 3 is 2.68 bits per heavy atom. The molecule has 0 unspecified atom stereocenters. The number of nitrogens with zero attached hydrogens (tertiary/aromatic N) is 1. The highest BCUT2D eigenvalue weighted by Gasteiger charge is 2.12. The lowest BCUT2D eigenvalue weighted by atomic mass is 9.98. The van der Waals surface area contributed by atoms with Crippen molar-refractivity contribution >= 4 is 11.9 Å². The zero-order valence-corrected chi connectivity index (χ0v) is 14.0. The van der Waals surface area contributed by atoms with Crippen molar-refractivity contribution in [2.45, 2.75) is 58.0 Å². The van der Waals surface area contributed by atoms with Gasteiger partial charge in [0.1, 0.15) is 0 Å². The van der Waals surface area contributed by atoms with Crippen LogP contribution in [0.3, 0.4) is 0 Å². The predicted molar refractivity (Wildman–Crippen MR) is 88.1 cm³/mol. The quantitative estimate of drug-likeness (QED) is 0.294. The summed E-state index contributed by atoms with van der Waals surface area (Å²) in [4.78, 5) is 15.5. The maximum atomic E-state index is 11.1. The molecule has 0 amide bonds. The van der Waals surface area contributed by atoms with Crippen molar-refractivity contribution in [1.29, 1.82) is 0 Å². The van der Waals surface area contributed by atoms with Gasteiger partial charge in [0.05, 0.1) is 19.6 Å². The molecule has 0 heterocycles. The fourth-order valence-corrected chi connectivity index (χ4v) is 2.46. The molecule has 0 saturated heterocycles. The number of hydrogen-bond acceptors (Lipinski definition) is 4. The summed E-state index contributed by atoms with van der Waals surface area (Å²) in [5, 5.41) is 6.28. The lowest BCUT2D eigenvalue weighted by Gasteiger charge is -2.21. The van der Waals surface area contributed by atoms with Crippen LogP contribution in [0.2, 0.25) is 0 Å². The number of carbonyl (C=O) groups is 1. The van der Waals surface area contributed by atoms with Gasteiger partial charge in [0.25, 0.3) is 0 Å². The van der Waals surface area contributed by atoms with Gasteiger partial charge in [-0.15, -0.1) is 0 Å². The van der Waals surface area contributed by atoms with E-state index in [9.17, 15) is 4.79 Å². The molecule has 0 aromatic rings. The van der Waals surface area contributed by atoms with E-state index >= 15 is 0 Å². The van der Waals surface area contributed by atoms with Crippen LogP contribution in [0.4, 0.5) is 0 Å². The highest BCUT2D eigenvalue weighted by molar-refractivity contribution is 5.80. The minimum atomic E-state index is -0.218. The molecule has 22 heavy (non-hydrogen) atoms. The zero-order chi connectivity index (χ0) is 16.0. The van der Waals surface area contributed by atoms with Gasteiger partial charge >= 0.3 is 5.97 Å². The Morgan fingerprint density at radius 1 is 1.23 bits per heavy atom. The molecule has 6 nitrogen and oxygen atoms in total. The summed E-state index contributed by atoms with van der Waals surface area (Å²) in [5.74, 6) is 0.522. The third-order valence-corrected chi connectivity index (χ3v) is 3.67. The third kappa shape index (κ3) is 8.87. The maximum absolute atomic E-state index is 11.1. The molecule has 2 N–H and O–H groups in total. The fourth-order valence-electron chi connectivity index (χ4n) is 2.46. The van der Waals surface area contributed by atoms with Crippen LogP contribution in [0.25, 0.3) is 0 Å². The molecule has 0 aromatic carbocycles. The van der Waals surface area contributed by atoms with Gasteiger partial charge in [-0.3, -0.25) is 9.79 Å². The molecule has 0 atom stereocenters. The van der Waals surface area contributed by atoms with E-state index in [1.165, 1.54) is 39.2 Å². The second-order valence-electron chi connectivity index (χ2n) is 5.50. The van der Waals surface area contributed by atoms with Gasteiger partial charge in [-0.25, -0.2) is 0 Å². The van der Waals surface area contributed by atoms with Crippen LogP contribution in [0.15, 0.2) is 4.99 Å². The Balaban J connectivity index is 2.13. The van der Waals surface area contributed by atoms with E-state index in [0.29, 0.717) is 19.1 Å². The number of hydrogen-bond donors (Lipinski definition) is 2. The number of carbonyl (C=O) groups excluding carboxylic acids is 1. The monoisotopic (exact) mass is 313 g/mol. The molecular weight excluding hydrogens is 282 g/mol. The maximum Gasteiger partial charge on any atom is 0.307 e. The molecule has 6 heteroatoms. The first-order valence-corrected chi connectivity index (χ1v) is 8.46. The van der Waals surface area contributed by atoms with E-state index < -0.39 is 0 Å². The topological polar surface area (TPSA) is 72.0 Å². The summed E-state index contributed by atoms with van der Waals surface area (Å²) in [7, 11) is 1.40. The van der Waals surface area contributed by atoms with Crippen LogP contribution in [-0.2, 0) is 14.3 Å². The van der Waals surface area contributed by atoms with Gasteiger partial charge in [-0.2, -0.15) is 0 Å². The lowest BCUT2D eigenvalue weighted by molar-refractivity contribution is -0.140. The second kappa shape index (κ2) is 12.3. The number of methoxy groups -OCH3 is 1. The zero-order valence-electron chi connectivity index (χ0n) is 14.0. The summed E-state index contributed by atoms with van der Waals surface area (Å²) in [6.07, 6.45) is 8.10. The first-order chi connectivity index (χ1) is 10.8. The number of rotatable bonds is 9. The van der Waals surface area contributed by atoms with Gasteiger partial charge in [0.2, 0.25) is 0 Å². The van der Waals surface area contributed by atoms with Gasteiger partial charge in [0, 0.05) is 26.2 Å². The summed E-state index contributed by atoms with van der Waals surface area (Å²) in [6, 6.07) is 0. The van der Waals surface area contributed by atoms with Crippen LogP contribution in [0, 0.1) is 0 Å². The molecule has 1 aliphatic rings. The van der Waals surface area contributed by atoms with Gasteiger partial charge in [-0.1, -0.05) is 19.3 Å². The number of aliphatic imine (C=N–C) groups is 1. The summed E-state index contributed by atoms with van der Waals surface area (Å²) in [6.45, 7) is 4.83. The first kappa shape index (κ1) is 18.7. The average molecular weight is 313 g/mol. The fraction of sp³-hybridized carbons (Fsp3) is 0.875. The van der Waals surface area contributed by atoms with Gasteiger partial charge < -0.3 is 20.1 Å². The molecule has 0 spiro atoms. The Kier molecular flexibility index (Phi) is 10.5. The average Bonchev–Trinajstić information content (AvgIpc) is 2.55. The van der Waals surface area contributed by atoms with Crippen molar-refractivity contribution in [3.05, 3.63) is 0 Å². The Hall–Kier alpha value is -1.30. The number of nitrogens with one attached hydrogen (secondary N) is 2. The Labute approximate surface area is 134 Å². The van der Waals surface area contributed by atoms with Crippen molar-refractivity contribution in [1.82, 2.24) is 10.6 Å². The highest BCUT2D eigenvalue weighted by atomic mass is 16.5. The molecule has 128 valence electrons. The number of guanidine groups is 1. The van der Waals surface area contributed by atoms with E-state index in [1.54, 1.807) is 0 Å². The molecule has 0 radical (unpaired) electrons. The largest absolute Gasteiger partial charge is 0.469 e. The van der Waals surface area contributed by atoms with Crippen LogP contribution in [0.1, 0.15) is 51.9 Å². The smallest absolute Gasteiger partial charge is 0.307 e. The van der Waals surface area contributed by atoms with Crippen molar-refractivity contribution in [2.75, 3.05) is 33.4 Å². The van der Waals surface area contributed by atoms with Crippen LogP contribution in [0.5, 0.6) is 0 Å². The summed E-state index contributed by atoms with van der Waals surface area (Å²) >= 11 is 0. The second-order valence-corrected chi connectivity index (χ2v) is 5.50. The Bertz CT molecular complexity index is 329. The van der Waals surface area contributed by atoms with Crippen LogP contribution in [-0.4, -0.2) is 51.4 Å². The third-order valence-electron chi connectivity index (χ3n) is 3.67. The van der Waals surface area contributed by atoms with Crippen molar-refractivity contribution in [2.24, 2.45) is 4.99 Å². The van der Waals surface area contributed by atoms with E-state index in [2.05, 4.69) is 20.4 Å². The minimum Gasteiger partial charge on any atom is -0.469 e. The van der Waals surface area contributed by atoms with Gasteiger partial charge in [0.15, 0.2) is 5.96 Å². The number of esters is 1. The SMILES string of the molecule is CCNC(=NCCCOC1CCCCC1)NCCC(=O)OC. The summed E-state index contributed by atoms with van der Waals surface area (Å²) in [5.41, 5.74) is 0. The molecule has 0 aromatic heterocycles. The molecule has 1 aliphatic carbocycles. The lowest BCUT2D eigenvalue weighted by Crippen LogP contribution is -2.38. The normalized spacial score (nSPS) is 16.4. The first-order valence-electron chi connectivity index (χ1n) is 8.46. The van der Waals surface area contributed by atoms with Crippen LogP contribution < -0.4 is 10.6 Å². The van der Waals surface area contributed by atoms with Gasteiger partial charge in [-0.05, 0) is 26.2 Å². The van der Waals surface area contributed by atoms with E-state index in [1.807, 2.05) is 6.92 Å². The van der Waals surface area contributed by atoms with Crippen LogP contribution >= 0.6 is 0 Å². The highest BCUT2D eigenvalue weighted by Crippen LogP contribution is 2.20. The number of ether oxygens (including phenoxy) is 2.